The first-order valence-electron chi connectivity index (χ1n) is 12.4. The van der Waals surface area contributed by atoms with Gasteiger partial charge in [-0.2, -0.15) is 0 Å². The van der Waals surface area contributed by atoms with Crippen molar-refractivity contribution in [2.24, 2.45) is 11.7 Å². The summed E-state index contributed by atoms with van der Waals surface area (Å²) in [7, 11) is 0. The molecule has 1 saturated carbocycles. The van der Waals surface area contributed by atoms with Gasteiger partial charge >= 0.3 is 6.03 Å². The molecular weight excluding hydrogens is 448 g/mol. The Kier molecular flexibility index (Phi) is 5.01. The molecule has 0 bridgehead atoms. The molecule has 3 aliphatic heterocycles. The first kappa shape index (κ1) is 21.9. The molecule has 1 aromatic heterocycles. The quantitative estimate of drug-likeness (QED) is 0.660. The Labute approximate surface area is 203 Å². The van der Waals surface area contributed by atoms with Crippen molar-refractivity contribution in [1.82, 2.24) is 14.5 Å². The second-order valence-corrected chi connectivity index (χ2v) is 10.2. The molecule has 35 heavy (non-hydrogen) atoms. The van der Waals surface area contributed by atoms with E-state index in [1.54, 1.807) is 4.90 Å². The van der Waals surface area contributed by atoms with Gasteiger partial charge in [-0.3, -0.25) is 19.4 Å². The van der Waals surface area contributed by atoms with Crippen LogP contribution in [0.1, 0.15) is 39.5 Å². The number of carbonyl (C=O) groups excluding carboxylic acids is 3. The first-order chi connectivity index (χ1) is 16.8. The van der Waals surface area contributed by atoms with Gasteiger partial charge in [0.25, 0.3) is 5.91 Å². The summed E-state index contributed by atoms with van der Waals surface area (Å²) in [4.78, 5) is 48.2. The molecule has 1 aromatic carbocycles. The minimum atomic E-state index is -0.554. The first-order valence-corrected chi connectivity index (χ1v) is 12.4. The Morgan fingerprint density at radius 2 is 1.94 bits per heavy atom. The number of amides is 4. The number of hydrogen-bond acceptors (Lipinski definition) is 6. The molecule has 6 rings (SSSR count). The van der Waals surface area contributed by atoms with Crippen molar-refractivity contribution in [3.63, 3.8) is 0 Å². The molecule has 2 N–H and O–H groups in total. The standard InChI is InChI=1S/C25H30N6O4/c1-14(2)21-24(33)30(15-5-6-15)25(34)31(21)20-13-28-10-11-35-19-12-16(7-8-17(19)23(28)27-20)29-9-3-4-18(29)22(26)32/h7-8,12-15,18,21H,3-6,9-11H2,1-2H3,(H2,26,32)/t18?,21-/m0/s1. The molecule has 10 heteroatoms. The van der Waals surface area contributed by atoms with Gasteiger partial charge in [0.15, 0.2) is 5.82 Å². The third kappa shape index (κ3) is 3.45. The number of anilines is 2. The normalized spacial score (nSPS) is 24.0. The monoisotopic (exact) mass is 478 g/mol. The topological polar surface area (TPSA) is 114 Å². The number of imide groups is 1. The summed E-state index contributed by atoms with van der Waals surface area (Å²) in [6.07, 6.45) is 5.25. The van der Waals surface area contributed by atoms with Crippen LogP contribution in [0, 0.1) is 5.92 Å². The van der Waals surface area contributed by atoms with Gasteiger partial charge in [0.1, 0.15) is 30.3 Å². The molecule has 0 spiro atoms. The van der Waals surface area contributed by atoms with E-state index in [1.165, 1.54) is 4.90 Å². The van der Waals surface area contributed by atoms with Gasteiger partial charge in [-0.25, -0.2) is 9.78 Å². The van der Waals surface area contributed by atoms with Crippen molar-refractivity contribution in [2.75, 3.05) is 23.0 Å². The van der Waals surface area contributed by atoms with Crippen molar-refractivity contribution in [2.45, 2.75) is 64.2 Å². The maximum Gasteiger partial charge on any atom is 0.333 e. The van der Waals surface area contributed by atoms with Gasteiger partial charge in [-0.15, -0.1) is 0 Å². The predicted octanol–water partition coefficient (Wildman–Crippen LogP) is 2.35. The van der Waals surface area contributed by atoms with Gasteiger partial charge in [0, 0.05) is 30.5 Å². The molecule has 4 heterocycles. The minimum Gasteiger partial charge on any atom is -0.491 e. The number of nitrogens with zero attached hydrogens (tertiary/aromatic N) is 5. The Hall–Kier alpha value is -3.56. The minimum absolute atomic E-state index is 0.0176. The summed E-state index contributed by atoms with van der Waals surface area (Å²) < 4.78 is 8.04. The number of carbonyl (C=O) groups is 3. The van der Waals surface area contributed by atoms with Gasteiger partial charge in [-0.1, -0.05) is 13.8 Å². The van der Waals surface area contributed by atoms with E-state index in [0.717, 1.165) is 43.5 Å². The molecule has 2 atom stereocenters. The largest absolute Gasteiger partial charge is 0.491 e. The third-order valence-electron chi connectivity index (χ3n) is 7.44. The Morgan fingerprint density at radius 1 is 1.14 bits per heavy atom. The summed E-state index contributed by atoms with van der Waals surface area (Å²) in [5.74, 6) is 1.39. The van der Waals surface area contributed by atoms with Crippen LogP contribution >= 0.6 is 0 Å². The van der Waals surface area contributed by atoms with Gasteiger partial charge in [0.2, 0.25) is 5.91 Å². The Balaban J connectivity index is 1.37. The van der Waals surface area contributed by atoms with Gasteiger partial charge in [0.05, 0.1) is 12.1 Å². The number of benzene rings is 1. The fourth-order valence-electron chi connectivity index (χ4n) is 5.60. The van der Waals surface area contributed by atoms with Crippen LogP contribution in [-0.2, 0) is 16.1 Å². The molecule has 2 aromatic rings. The summed E-state index contributed by atoms with van der Waals surface area (Å²) in [5.41, 5.74) is 7.32. The zero-order chi connectivity index (χ0) is 24.4. The number of fused-ring (bicyclic) bond motifs is 3. The third-order valence-corrected chi connectivity index (χ3v) is 7.44. The molecule has 4 amide bonds. The lowest BCUT2D eigenvalue weighted by Crippen LogP contribution is -2.40. The van der Waals surface area contributed by atoms with Gasteiger partial charge < -0.3 is 19.9 Å². The molecule has 1 unspecified atom stereocenters. The van der Waals surface area contributed by atoms with E-state index in [4.69, 9.17) is 15.5 Å². The zero-order valence-corrected chi connectivity index (χ0v) is 20.0. The van der Waals surface area contributed by atoms with Crippen LogP contribution in [0.2, 0.25) is 0 Å². The highest BCUT2D eigenvalue weighted by Gasteiger charge is 2.53. The number of hydrogen-bond donors (Lipinski definition) is 1. The summed E-state index contributed by atoms with van der Waals surface area (Å²) in [6, 6.07) is 4.73. The van der Waals surface area contributed by atoms with Crippen LogP contribution in [0.5, 0.6) is 5.75 Å². The molecule has 2 saturated heterocycles. The van der Waals surface area contributed by atoms with E-state index < -0.39 is 6.04 Å². The highest BCUT2D eigenvalue weighted by Crippen LogP contribution is 2.40. The second-order valence-electron chi connectivity index (χ2n) is 10.2. The van der Waals surface area contributed by atoms with E-state index in [-0.39, 0.29) is 35.8 Å². The molecule has 3 fully saturated rings. The fourth-order valence-corrected chi connectivity index (χ4v) is 5.60. The summed E-state index contributed by atoms with van der Waals surface area (Å²) >= 11 is 0. The number of urea groups is 1. The lowest BCUT2D eigenvalue weighted by Gasteiger charge is -2.25. The number of nitrogens with two attached hydrogens (primary N) is 1. The number of imidazole rings is 1. The number of rotatable bonds is 5. The smallest absolute Gasteiger partial charge is 0.333 e. The predicted molar refractivity (Wildman–Crippen MR) is 129 cm³/mol. The van der Waals surface area contributed by atoms with Crippen LogP contribution in [0.4, 0.5) is 16.3 Å². The van der Waals surface area contributed by atoms with Crippen LogP contribution in [0.15, 0.2) is 24.4 Å². The number of ether oxygens (including phenoxy) is 1. The van der Waals surface area contributed by atoms with E-state index in [9.17, 15) is 14.4 Å². The molecule has 184 valence electrons. The average molecular weight is 479 g/mol. The SMILES string of the molecule is CC(C)[C@H]1C(=O)N(C2CC2)C(=O)N1c1cn2c(n1)-c1ccc(N3CCCC3C(N)=O)cc1OCC2. The van der Waals surface area contributed by atoms with Crippen LogP contribution < -0.4 is 20.3 Å². The fraction of sp³-hybridized carbons (Fsp3) is 0.520. The van der Waals surface area contributed by atoms with Crippen molar-refractivity contribution in [3.05, 3.63) is 24.4 Å². The molecule has 4 aliphatic rings. The molecule has 1 aliphatic carbocycles. The zero-order valence-electron chi connectivity index (χ0n) is 20.0. The lowest BCUT2D eigenvalue weighted by atomic mass is 10.0. The average Bonchev–Trinajstić information content (AvgIpc) is 3.31. The Bertz CT molecular complexity index is 1220. The summed E-state index contributed by atoms with van der Waals surface area (Å²) in [5, 5.41) is 0. The van der Waals surface area contributed by atoms with Crippen LogP contribution in [0.3, 0.4) is 0 Å². The van der Waals surface area contributed by atoms with E-state index in [0.29, 0.717) is 30.5 Å². The van der Waals surface area contributed by atoms with E-state index in [1.807, 2.05) is 47.7 Å². The highest BCUT2D eigenvalue weighted by atomic mass is 16.5. The van der Waals surface area contributed by atoms with Crippen LogP contribution in [0.25, 0.3) is 11.4 Å². The lowest BCUT2D eigenvalue weighted by molar-refractivity contribution is -0.128. The molecule has 10 nitrogen and oxygen atoms in total. The number of primary amides is 1. The van der Waals surface area contributed by atoms with Crippen molar-refractivity contribution in [1.29, 1.82) is 0 Å². The van der Waals surface area contributed by atoms with Gasteiger partial charge in [-0.05, 0) is 43.7 Å². The maximum absolute atomic E-state index is 13.3. The molecule has 0 radical (unpaired) electrons. The highest BCUT2D eigenvalue weighted by molar-refractivity contribution is 6.14. The number of aromatic nitrogens is 2. The Morgan fingerprint density at radius 3 is 2.66 bits per heavy atom. The van der Waals surface area contributed by atoms with Crippen molar-refractivity contribution >= 4 is 29.4 Å². The van der Waals surface area contributed by atoms with Crippen LogP contribution in [-0.4, -0.2) is 63.6 Å². The van der Waals surface area contributed by atoms with E-state index in [2.05, 4.69) is 0 Å². The summed E-state index contributed by atoms with van der Waals surface area (Å²) in [6.45, 7) is 5.69. The van der Waals surface area contributed by atoms with Crippen molar-refractivity contribution in [3.8, 4) is 17.1 Å². The maximum atomic E-state index is 13.3. The van der Waals surface area contributed by atoms with Crippen molar-refractivity contribution < 1.29 is 19.1 Å². The van der Waals surface area contributed by atoms with E-state index >= 15 is 0 Å². The second kappa shape index (κ2) is 8.00. The molecular formula is C25H30N6O4.